The smallest absolute Gasteiger partial charge is 0.0543 e. The molecule has 0 saturated heterocycles. The molecule has 1 heterocycles. The van der Waals surface area contributed by atoms with E-state index in [1.165, 1.54) is 89.1 Å². The van der Waals surface area contributed by atoms with Crippen LogP contribution in [0.15, 0.2) is 156 Å². The molecule has 0 aliphatic heterocycles. The first kappa shape index (κ1) is 37.4. The molecular formula is C54H51NS. The topological polar surface area (TPSA) is 4.93 Å². The molecule has 2 aliphatic rings. The van der Waals surface area contributed by atoms with Crippen molar-refractivity contribution < 1.29 is 0 Å². The van der Waals surface area contributed by atoms with E-state index in [0.29, 0.717) is 0 Å². The summed E-state index contributed by atoms with van der Waals surface area (Å²) in [6.07, 6.45) is 19.1. The maximum atomic E-state index is 4.63. The molecule has 1 nitrogen and oxygen atoms in total. The molecule has 0 N–H and O–H groups in total. The third-order valence-corrected chi connectivity index (χ3v) is 12.6. The van der Waals surface area contributed by atoms with E-state index in [-0.39, 0.29) is 5.41 Å². The van der Waals surface area contributed by atoms with E-state index in [1.807, 2.05) is 12.1 Å². The summed E-state index contributed by atoms with van der Waals surface area (Å²) in [5, 5.41) is 1.29. The van der Waals surface area contributed by atoms with Crippen LogP contribution < -0.4 is 0 Å². The van der Waals surface area contributed by atoms with Crippen LogP contribution in [0.1, 0.15) is 97.2 Å². The highest BCUT2D eigenvalue weighted by atomic mass is 32.1. The van der Waals surface area contributed by atoms with Crippen molar-refractivity contribution in [1.82, 2.24) is 4.57 Å². The van der Waals surface area contributed by atoms with Crippen molar-refractivity contribution in [2.24, 2.45) is 0 Å². The summed E-state index contributed by atoms with van der Waals surface area (Å²) in [5.41, 5.74) is 20.6. The first-order chi connectivity index (χ1) is 27.1. The standard InChI is InChI=1S/C54H51NS/c1-36-17-10-13-24-46(36)37(2)33-51-38(3)47-31-29-44(42-23-16-22-41(27-28-42)40-18-8-7-9-19-40)34-52(47)55(51)45-30-32-49-48(39(4)54(5,6)50(49)35-45)25-14-11-20-43-21-12-15-26-53(43)56/h7-15,17-21,24-35,56H,16,22-23H2,1-6H3/b20-11+,25-14-,37-33+. The van der Waals surface area contributed by atoms with Gasteiger partial charge in [0.25, 0.3) is 0 Å². The largest absolute Gasteiger partial charge is 0.310 e. The van der Waals surface area contributed by atoms with Crippen LogP contribution in [0.5, 0.6) is 0 Å². The highest BCUT2D eigenvalue weighted by Crippen LogP contribution is 2.48. The Morgan fingerprint density at radius 2 is 1.41 bits per heavy atom. The van der Waals surface area contributed by atoms with Crippen molar-refractivity contribution in [3.05, 3.63) is 201 Å². The third kappa shape index (κ3) is 7.04. The summed E-state index contributed by atoms with van der Waals surface area (Å²) in [4.78, 5) is 0.982. The number of nitrogens with zero attached hydrogens (tertiary/aromatic N) is 1. The van der Waals surface area contributed by atoms with Crippen molar-refractivity contribution in [2.75, 3.05) is 0 Å². The van der Waals surface area contributed by atoms with Crippen molar-refractivity contribution in [3.8, 4) is 5.69 Å². The van der Waals surface area contributed by atoms with Gasteiger partial charge in [0, 0.05) is 21.4 Å². The highest BCUT2D eigenvalue weighted by Gasteiger charge is 2.35. The summed E-state index contributed by atoms with van der Waals surface area (Å²) >= 11 is 4.63. The molecule has 1 aromatic heterocycles. The number of hydrogen-bond acceptors (Lipinski definition) is 1. The quantitative estimate of drug-likeness (QED) is 0.117. The van der Waals surface area contributed by atoms with Crippen LogP contribution in [0.4, 0.5) is 0 Å². The van der Waals surface area contributed by atoms with Crippen LogP contribution in [0.3, 0.4) is 0 Å². The van der Waals surface area contributed by atoms with Gasteiger partial charge in [0.1, 0.15) is 0 Å². The summed E-state index contributed by atoms with van der Waals surface area (Å²) in [6.45, 7) is 13.8. The van der Waals surface area contributed by atoms with E-state index in [9.17, 15) is 0 Å². The van der Waals surface area contributed by atoms with Gasteiger partial charge in [-0.15, -0.1) is 12.6 Å². The van der Waals surface area contributed by atoms with Gasteiger partial charge in [0.05, 0.1) is 11.2 Å². The summed E-state index contributed by atoms with van der Waals surface area (Å²) < 4.78 is 2.52. The zero-order chi connectivity index (χ0) is 39.0. The van der Waals surface area contributed by atoms with Crippen molar-refractivity contribution in [1.29, 1.82) is 0 Å². The Balaban J connectivity index is 1.25. The van der Waals surface area contributed by atoms with E-state index in [0.717, 1.165) is 29.7 Å². The fourth-order valence-corrected chi connectivity index (χ4v) is 8.94. The Kier molecular flexibility index (Phi) is 10.4. The number of hydrogen-bond donors (Lipinski definition) is 1. The maximum absolute atomic E-state index is 4.63. The monoisotopic (exact) mass is 745 g/mol. The fraction of sp³-hybridized carbons (Fsp3) is 0.185. The molecule has 0 spiro atoms. The van der Waals surface area contributed by atoms with E-state index >= 15 is 0 Å². The Morgan fingerprint density at radius 3 is 2.18 bits per heavy atom. The average Bonchev–Trinajstić information content (AvgIpc) is 3.42. The van der Waals surface area contributed by atoms with Crippen LogP contribution in [-0.4, -0.2) is 4.57 Å². The predicted octanol–water partition coefficient (Wildman–Crippen LogP) is 15.1. The van der Waals surface area contributed by atoms with Crippen LogP contribution in [0, 0.1) is 13.8 Å². The zero-order valence-electron chi connectivity index (χ0n) is 33.5. The van der Waals surface area contributed by atoms with E-state index in [4.69, 9.17) is 0 Å². The minimum absolute atomic E-state index is 0.114. The molecule has 56 heavy (non-hydrogen) atoms. The molecule has 0 bridgehead atoms. The number of benzene rings is 5. The van der Waals surface area contributed by atoms with Gasteiger partial charge in [-0.05, 0) is 144 Å². The molecule has 2 aliphatic carbocycles. The van der Waals surface area contributed by atoms with Gasteiger partial charge in [-0.25, -0.2) is 0 Å². The fourth-order valence-electron chi connectivity index (χ4n) is 8.71. The molecule has 2 heteroatoms. The van der Waals surface area contributed by atoms with Crippen LogP contribution in [0.2, 0.25) is 0 Å². The number of rotatable bonds is 8. The number of thiol groups is 1. The lowest BCUT2D eigenvalue weighted by atomic mass is 9.82. The van der Waals surface area contributed by atoms with Crippen molar-refractivity contribution in [3.63, 3.8) is 0 Å². The van der Waals surface area contributed by atoms with E-state index in [1.54, 1.807) is 0 Å². The second kappa shape index (κ2) is 15.5. The lowest BCUT2D eigenvalue weighted by Crippen LogP contribution is -2.16. The van der Waals surface area contributed by atoms with Gasteiger partial charge < -0.3 is 4.57 Å². The molecule has 0 unspecified atom stereocenters. The van der Waals surface area contributed by atoms with Gasteiger partial charge >= 0.3 is 0 Å². The van der Waals surface area contributed by atoms with Gasteiger partial charge in [-0.2, -0.15) is 0 Å². The Hall–Kier alpha value is -5.57. The van der Waals surface area contributed by atoms with E-state index < -0.39 is 0 Å². The molecule has 5 aromatic carbocycles. The summed E-state index contributed by atoms with van der Waals surface area (Å²) in [5.74, 6) is 0. The highest BCUT2D eigenvalue weighted by molar-refractivity contribution is 7.80. The van der Waals surface area contributed by atoms with Crippen LogP contribution in [-0.2, 0) is 5.41 Å². The SMILES string of the molecule is CC1=C(/C=C\C=C\c2ccccc2S)c2ccc(-n3c(/C=C(\C)c4ccccc4C)c(C)c4ccc(C5=CC=C(c6ccccc6)CCC5)cc43)cc2C1(C)C. The molecular weight excluding hydrogens is 695 g/mol. The van der Waals surface area contributed by atoms with Gasteiger partial charge in [0.15, 0.2) is 0 Å². The Morgan fingerprint density at radius 1 is 0.714 bits per heavy atom. The lowest BCUT2D eigenvalue weighted by Gasteiger charge is -2.23. The molecule has 0 atom stereocenters. The van der Waals surface area contributed by atoms with Crippen LogP contribution >= 0.6 is 12.6 Å². The predicted molar refractivity (Wildman–Crippen MR) is 246 cm³/mol. The molecule has 0 amide bonds. The Bertz CT molecular complexity index is 2670. The number of aromatic nitrogens is 1. The first-order valence-electron chi connectivity index (χ1n) is 20.0. The van der Waals surface area contributed by atoms with Gasteiger partial charge in [0.2, 0.25) is 0 Å². The van der Waals surface area contributed by atoms with Crippen molar-refractivity contribution >= 4 is 58.0 Å². The van der Waals surface area contributed by atoms with Gasteiger partial charge in [-0.3, -0.25) is 0 Å². The number of fused-ring (bicyclic) bond motifs is 2. The number of aryl methyl sites for hydroxylation is 2. The zero-order valence-corrected chi connectivity index (χ0v) is 34.4. The van der Waals surface area contributed by atoms with Crippen molar-refractivity contribution in [2.45, 2.75) is 71.1 Å². The third-order valence-electron chi connectivity index (χ3n) is 12.2. The minimum Gasteiger partial charge on any atom is -0.310 e. The first-order valence-corrected chi connectivity index (χ1v) is 20.4. The van der Waals surface area contributed by atoms with Crippen LogP contribution in [0.25, 0.3) is 51.0 Å². The molecule has 0 saturated carbocycles. The van der Waals surface area contributed by atoms with E-state index in [2.05, 4.69) is 204 Å². The second-order valence-electron chi connectivity index (χ2n) is 16.0. The molecule has 278 valence electrons. The van der Waals surface area contributed by atoms with Gasteiger partial charge in [-0.1, -0.05) is 147 Å². The normalized spacial score (nSPS) is 15.8. The molecule has 0 fully saturated rings. The Labute approximate surface area is 339 Å². The molecule has 6 aromatic rings. The molecule has 8 rings (SSSR count). The lowest BCUT2D eigenvalue weighted by molar-refractivity contribution is 0.638. The minimum atomic E-state index is -0.114. The molecule has 0 radical (unpaired) electrons. The number of allylic oxidation sites excluding steroid dienone is 10. The average molecular weight is 746 g/mol. The summed E-state index contributed by atoms with van der Waals surface area (Å²) in [6, 6.07) is 42.0. The summed E-state index contributed by atoms with van der Waals surface area (Å²) in [7, 11) is 0. The second-order valence-corrected chi connectivity index (χ2v) is 16.5. The maximum Gasteiger partial charge on any atom is 0.0543 e.